The molecule has 0 saturated heterocycles. The van der Waals surface area contributed by atoms with Crippen molar-refractivity contribution in [3.05, 3.63) is 165 Å². The Kier molecular flexibility index (Phi) is 12.5. The molecule has 0 spiro atoms. The third-order valence-electron chi connectivity index (χ3n) is 10.5. The van der Waals surface area contributed by atoms with E-state index in [0.717, 1.165) is 56.6 Å². The highest BCUT2D eigenvalue weighted by Crippen LogP contribution is 2.49. The summed E-state index contributed by atoms with van der Waals surface area (Å²) in [5.41, 5.74) is 0.693. The summed E-state index contributed by atoms with van der Waals surface area (Å²) >= 11 is 4.50. The van der Waals surface area contributed by atoms with Crippen LogP contribution in [0.4, 0.5) is 26.3 Å². The van der Waals surface area contributed by atoms with Gasteiger partial charge < -0.3 is 0 Å². The topological polar surface area (TPSA) is 34.1 Å². The Bertz CT molecular complexity index is 2540. The Morgan fingerprint density at radius 1 is 0.371 bits per heavy atom. The van der Waals surface area contributed by atoms with Gasteiger partial charge in [0.15, 0.2) is 11.6 Å². The van der Waals surface area contributed by atoms with Crippen molar-refractivity contribution in [1.82, 2.24) is 0 Å². The van der Waals surface area contributed by atoms with Gasteiger partial charge in [0.2, 0.25) is 0 Å². The fourth-order valence-corrected chi connectivity index (χ4v) is 11.0. The summed E-state index contributed by atoms with van der Waals surface area (Å²) < 4.78 is 84.5. The van der Waals surface area contributed by atoms with Gasteiger partial charge in [0.1, 0.15) is 0 Å². The van der Waals surface area contributed by atoms with Gasteiger partial charge in [-0.3, -0.25) is 9.59 Å². The second kappa shape index (κ2) is 17.0. The van der Waals surface area contributed by atoms with E-state index in [4.69, 9.17) is 0 Å². The highest BCUT2D eigenvalue weighted by Gasteiger charge is 2.39. The minimum Gasteiger partial charge on any atom is -0.288 e. The van der Waals surface area contributed by atoms with Gasteiger partial charge >= 0.3 is 12.4 Å². The molecular formula is C50H42F6O2S4. The molecule has 0 atom stereocenters. The number of halogens is 6. The predicted molar refractivity (Wildman–Crippen MR) is 239 cm³/mol. The van der Waals surface area contributed by atoms with Gasteiger partial charge in [-0.25, -0.2) is 0 Å². The summed E-state index contributed by atoms with van der Waals surface area (Å²) in [4.78, 5) is 34.4. The monoisotopic (exact) mass is 916 g/mol. The van der Waals surface area contributed by atoms with Crippen LogP contribution in [0.15, 0.2) is 148 Å². The van der Waals surface area contributed by atoms with E-state index >= 15 is 9.59 Å². The van der Waals surface area contributed by atoms with Gasteiger partial charge in [0.25, 0.3) is 0 Å². The Balaban J connectivity index is 1.43. The maximum absolute atomic E-state index is 15.4. The van der Waals surface area contributed by atoms with E-state index in [-0.39, 0.29) is 63.8 Å². The van der Waals surface area contributed by atoms with Crippen LogP contribution >= 0.6 is 47.0 Å². The predicted octanol–water partition coefficient (Wildman–Crippen LogP) is 16.3. The van der Waals surface area contributed by atoms with Crippen molar-refractivity contribution in [1.29, 1.82) is 0 Å². The third-order valence-corrected chi connectivity index (χ3v) is 14.8. The van der Waals surface area contributed by atoms with Crippen LogP contribution in [0, 0.1) is 13.8 Å². The molecule has 0 N–H and O–H groups in total. The zero-order chi connectivity index (χ0) is 45.1. The Morgan fingerprint density at radius 3 is 0.887 bits per heavy atom. The zero-order valence-electron chi connectivity index (χ0n) is 35.1. The zero-order valence-corrected chi connectivity index (χ0v) is 38.4. The number of aryl methyl sites for hydroxylation is 2. The Labute approximate surface area is 375 Å². The normalized spacial score (nSPS) is 13.3. The van der Waals surface area contributed by atoms with Crippen molar-refractivity contribution >= 4 is 58.6 Å². The summed E-state index contributed by atoms with van der Waals surface area (Å²) in [6.45, 7) is 15.4. The van der Waals surface area contributed by atoms with Crippen LogP contribution in [-0.2, 0) is 23.2 Å². The number of hydrogen-bond donors (Lipinski definition) is 0. The van der Waals surface area contributed by atoms with Crippen molar-refractivity contribution in [2.45, 2.75) is 118 Å². The highest BCUT2D eigenvalue weighted by molar-refractivity contribution is 8.00. The molecule has 0 radical (unpaired) electrons. The molecule has 6 aromatic carbocycles. The third kappa shape index (κ3) is 9.59. The van der Waals surface area contributed by atoms with Gasteiger partial charge in [0.05, 0.1) is 11.1 Å². The van der Waals surface area contributed by atoms with Crippen molar-refractivity contribution in [3.8, 4) is 0 Å². The van der Waals surface area contributed by atoms with Crippen molar-refractivity contribution < 1.29 is 35.9 Å². The molecule has 320 valence electrons. The van der Waals surface area contributed by atoms with Gasteiger partial charge in [-0.1, -0.05) is 125 Å². The van der Waals surface area contributed by atoms with Crippen LogP contribution in [0.5, 0.6) is 0 Å². The maximum Gasteiger partial charge on any atom is 0.416 e. The average Bonchev–Trinajstić information content (AvgIpc) is 3.18. The molecule has 62 heavy (non-hydrogen) atoms. The Hall–Kier alpha value is -4.36. The number of rotatable bonds is 8. The van der Waals surface area contributed by atoms with Crippen LogP contribution in [0.25, 0.3) is 0 Å². The number of alkyl halides is 6. The smallest absolute Gasteiger partial charge is 0.288 e. The van der Waals surface area contributed by atoms with Gasteiger partial charge in [-0.2, -0.15) is 26.3 Å². The molecule has 0 amide bonds. The minimum atomic E-state index is -4.63. The molecule has 0 unspecified atom stereocenters. The summed E-state index contributed by atoms with van der Waals surface area (Å²) in [7, 11) is 0. The molecule has 1 aliphatic carbocycles. The second-order valence-electron chi connectivity index (χ2n) is 17.2. The quantitative estimate of drug-likeness (QED) is 0.141. The van der Waals surface area contributed by atoms with E-state index in [0.29, 0.717) is 9.79 Å². The van der Waals surface area contributed by atoms with E-state index in [1.54, 1.807) is 12.1 Å². The maximum atomic E-state index is 15.4. The van der Waals surface area contributed by atoms with Gasteiger partial charge in [0, 0.05) is 61.4 Å². The van der Waals surface area contributed by atoms with Gasteiger partial charge in [-0.05, 0) is 120 Å². The lowest BCUT2D eigenvalue weighted by molar-refractivity contribution is -0.139. The molecule has 0 aromatic heterocycles. The first kappa shape index (κ1) is 45.7. The standard InChI is InChI=1S/C50H42F6O2S4/c1-27-9-15-33(25-35(27)49(51,52)53)61-39-23-24-40(62-34-16-10-28(2)36(26-34)50(54,55)56)44-43(39)45(57)41-37(59-31-17-11-29(12-18-31)47(3,4)5)21-22-38(42(41)46(44)58)60-32-19-13-30(14-20-32)48(6,7)8/h9-26H,1-8H3. The van der Waals surface area contributed by atoms with E-state index < -0.39 is 35.0 Å². The SMILES string of the molecule is Cc1ccc(Sc2ccc(Sc3ccc(C)c(C(F)(F)F)c3)c3c2C(=O)c2c(Sc4ccc(C(C)(C)C)cc4)ccc(Sc4ccc(C(C)(C)C)cc4)c2C3=O)cc1C(F)(F)F. The number of fused-ring (bicyclic) bond motifs is 2. The van der Waals surface area contributed by atoms with Crippen molar-refractivity contribution in [2.24, 2.45) is 0 Å². The largest absolute Gasteiger partial charge is 0.416 e. The molecule has 0 heterocycles. The van der Waals surface area contributed by atoms with Crippen molar-refractivity contribution in [3.63, 3.8) is 0 Å². The molecule has 0 fully saturated rings. The van der Waals surface area contributed by atoms with Crippen LogP contribution in [-0.4, -0.2) is 11.6 Å². The molecule has 0 bridgehead atoms. The Morgan fingerprint density at radius 2 is 0.629 bits per heavy atom. The molecule has 0 aliphatic heterocycles. The van der Waals surface area contributed by atoms with E-state index in [1.807, 2.05) is 60.7 Å². The van der Waals surface area contributed by atoms with Crippen molar-refractivity contribution in [2.75, 3.05) is 0 Å². The molecule has 6 aromatic rings. The lowest BCUT2D eigenvalue weighted by atomic mass is 9.84. The summed E-state index contributed by atoms with van der Waals surface area (Å²) in [6.07, 6.45) is -9.26. The number of carbonyl (C=O) groups is 2. The van der Waals surface area contributed by atoms with Crippen LogP contribution < -0.4 is 0 Å². The highest BCUT2D eigenvalue weighted by atomic mass is 32.2. The summed E-state index contributed by atoms with van der Waals surface area (Å²) in [5, 5.41) is 0. The first-order valence-corrected chi connectivity index (χ1v) is 22.9. The van der Waals surface area contributed by atoms with Crippen LogP contribution in [0.2, 0.25) is 0 Å². The molecule has 0 saturated carbocycles. The fourth-order valence-electron chi connectivity index (χ4n) is 7.11. The summed E-state index contributed by atoms with van der Waals surface area (Å²) in [5.74, 6) is -1.02. The first-order chi connectivity index (χ1) is 28.9. The second-order valence-corrected chi connectivity index (χ2v) is 21.6. The van der Waals surface area contributed by atoms with E-state index in [1.165, 1.54) is 61.6 Å². The number of ketones is 2. The lowest BCUT2D eigenvalue weighted by Gasteiger charge is -2.26. The molecular weight excluding hydrogens is 875 g/mol. The average molecular weight is 917 g/mol. The van der Waals surface area contributed by atoms with E-state index in [9.17, 15) is 26.3 Å². The molecule has 7 rings (SSSR count). The molecule has 12 heteroatoms. The number of hydrogen-bond acceptors (Lipinski definition) is 6. The number of carbonyl (C=O) groups excluding carboxylic acids is 2. The number of benzene rings is 6. The molecule has 1 aliphatic rings. The summed E-state index contributed by atoms with van der Waals surface area (Å²) in [6, 6.07) is 30.5. The molecule has 2 nitrogen and oxygen atoms in total. The lowest BCUT2D eigenvalue weighted by Crippen LogP contribution is -2.24. The minimum absolute atomic E-state index is 0.0172. The van der Waals surface area contributed by atoms with E-state index in [2.05, 4.69) is 41.5 Å². The van der Waals surface area contributed by atoms with Gasteiger partial charge in [-0.15, -0.1) is 0 Å². The van der Waals surface area contributed by atoms with Crippen LogP contribution in [0.3, 0.4) is 0 Å². The first-order valence-electron chi connectivity index (χ1n) is 19.6. The fraction of sp³-hybridized carbons (Fsp3) is 0.240. The van der Waals surface area contributed by atoms with Crippen LogP contribution in [0.1, 0.15) is 107 Å².